The number of allylic oxidation sites excluding steroid dienone is 1. The SMILES string of the molecule is C=C(C)C1CCC2C3CCC(CC)C(CCCO)C3CCC12C. The highest BCUT2D eigenvalue weighted by molar-refractivity contribution is 5.13. The quantitative estimate of drug-likeness (QED) is 0.632. The summed E-state index contributed by atoms with van der Waals surface area (Å²) >= 11 is 0. The minimum atomic E-state index is 0.378. The molecule has 7 atom stereocenters. The average Bonchev–Trinajstić information content (AvgIpc) is 2.89. The molecule has 3 fully saturated rings. The van der Waals surface area contributed by atoms with Crippen LogP contribution in [0.15, 0.2) is 12.2 Å². The van der Waals surface area contributed by atoms with E-state index in [0.29, 0.717) is 12.0 Å². The summed E-state index contributed by atoms with van der Waals surface area (Å²) in [5.74, 6) is 5.43. The van der Waals surface area contributed by atoms with Gasteiger partial charge in [0.25, 0.3) is 0 Å². The zero-order valence-electron chi connectivity index (χ0n) is 15.7. The Bertz CT molecular complexity index is 428. The number of hydrogen-bond acceptors (Lipinski definition) is 1. The van der Waals surface area contributed by atoms with Crippen LogP contribution in [0.3, 0.4) is 0 Å². The van der Waals surface area contributed by atoms with E-state index in [4.69, 9.17) is 0 Å². The van der Waals surface area contributed by atoms with E-state index in [2.05, 4.69) is 27.4 Å². The normalized spacial score (nSPS) is 46.3. The minimum absolute atomic E-state index is 0.378. The van der Waals surface area contributed by atoms with Crippen LogP contribution in [0.1, 0.15) is 78.6 Å². The fourth-order valence-electron chi connectivity index (χ4n) is 7.33. The molecule has 0 aliphatic heterocycles. The van der Waals surface area contributed by atoms with Crippen molar-refractivity contribution in [3.63, 3.8) is 0 Å². The Morgan fingerprint density at radius 1 is 1.13 bits per heavy atom. The lowest BCUT2D eigenvalue weighted by Crippen LogP contribution is -2.47. The molecule has 0 aromatic rings. The maximum atomic E-state index is 9.33. The van der Waals surface area contributed by atoms with Crippen molar-refractivity contribution in [3.05, 3.63) is 12.2 Å². The third kappa shape index (κ3) is 2.92. The predicted octanol–water partition coefficient (Wildman–Crippen LogP) is 5.83. The molecule has 0 spiro atoms. The molecule has 1 N–H and O–H groups in total. The van der Waals surface area contributed by atoms with E-state index >= 15 is 0 Å². The molecule has 0 saturated heterocycles. The monoisotopic (exact) mass is 318 g/mol. The van der Waals surface area contributed by atoms with Gasteiger partial charge in [-0.05, 0) is 99.2 Å². The summed E-state index contributed by atoms with van der Waals surface area (Å²) in [4.78, 5) is 0. The van der Waals surface area contributed by atoms with Gasteiger partial charge in [0.05, 0.1) is 0 Å². The van der Waals surface area contributed by atoms with Crippen molar-refractivity contribution in [3.8, 4) is 0 Å². The summed E-state index contributed by atoms with van der Waals surface area (Å²) in [7, 11) is 0. The van der Waals surface area contributed by atoms with Crippen LogP contribution < -0.4 is 0 Å². The van der Waals surface area contributed by atoms with Crippen molar-refractivity contribution in [2.45, 2.75) is 78.6 Å². The molecule has 3 aliphatic rings. The lowest BCUT2D eigenvalue weighted by molar-refractivity contribution is -0.0512. The summed E-state index contributed by atoms with van der Waals surface area (Å²) in [6.07, 6.45) is 12.2. The highest BCUT2D eigenvalue weighted by Crippen LogP contribution is 2.64. The van der Waals surface area contributed by atoms with Crippen LogP contribution in [0.25, 0.3) is 0 Å². The van der Waals surface area contributed by atoms with Crippen LogP contribution in [-0.2, 0) is 0 Å². The number of fused-ring (bicyclic) bond motifs is 3. The highest BCUT2D eigenvalue weighted by Gasteiger charge is 2.56. The van der Waals surface area contributed by atoms with E-state index in [9.17, 15) is 5.11 Å². The molecule has 0 aromatic carbocycles. The standard InChI is InChI=1S/C22H38O/c1-5-16-8-9-19-18(17(16)7-6-14-23)12-13-22(4)20(15(2)3)10-11-21(19)22/h16-21,23H,2,5-14H2,1,3-4H3. The highest BCUT2D eigenvalue weighted by atomic mass is 16.2. The molecule has 1 heteroatoms. The summed E-state index contributed by atoms with van der Waals surface area (Å²) in [6.45, 7) is 12.0. The third-order valence-corrected chi connectivity index (χ3v) is 8.33. The minimum Gasteiger partial charge on any atom is -0.396 e. The molecule has 1 nitrogen and oxygen atoms in total. The summed E-state index contributed by atoms with van der Waals surface area (Å²) in [5.41, 5.74) is 1.97. The van der Waals surface area contributed by atoms with Gasteiger partial charge in [0.1, 0.15) is 0 Å². The molecule has 0 radical (unpaired) electrons. The van der Waals surface area contributed by atoms with Gasteiger partial charge in [0.15, 0.2) is 0 Å². The second-order valence-corrected chi connectivity index (χ2v) is 9.23. The van der Waals surface area contributed by atoms with Crippen LogP contribution in [0.5, 0.6) is 0 Å². The smallest absolute Gasteiger partial charge is 0.0431 e. The van der Waals surface area contributed by atoms with Gasteiger partial charge < -0.3 is 5.11 Å². The van der Waals surface area contributed by atoms with E-state index < -0.39 is 0 Å². The van der Waals surface area contributed by atoms with Crippen molar-refractivity contribution in [1.29, 1.82) is 0 Å². The zero-order valence-corrected chi connectivity index (χ0v) is 15.7. The molecular weight excluding hydrogens is 280 g/mol. The lowest BCUT2D eigenvalue weighted by atomic mass is 9.50. The fourth-order valence-corrected chi connectivity index (χ4v) is 7.33. The van der Waals surface area contributed by atoms with Gasteiger partial charge in [0.2, 0.25) is 0 Å². The Kier molecular flexibility index (Phi) is 5.26. The van der Waals surface area contributed by atoms with E-state index in [-0.39, 0.29) is 0 Å². The van der Waals surface area contributed by atoms with Crippen molar-refractivity contribution in [2.75, 3.05) is 6.61 Å². The number of hydrogen-bond donors (Lipinski definition) is 1. The topological polar surface area (TPSA) is 20.2 Å². The number of aliphatic hydroxyl groups is 1. The predicted molar refractivity (Wildman–Crippen MR) is 98.2 cm³/mol. The van der Waals surface area contributed by atoms with Crippen LogP contribution in [0, 0.1) is 40.9 Å². The van der Waals surface area contributed by atoms with Crippen LogP contribution in [-0.4, -0.2) is 11.7 Å². The first-order valence-electron chi connectivity index (χ1n) is 10.3. The fraction of sp³-hybridized carbons (Fsp3) is 0.909. The maximum Gasteiger partial charge on any atom is 0.0431 e. The van der Waals surface area contributed by atoms with Crippen molar-refractivity contribution in [2.24, 2.45) is 40.9 Å². The van der Waals surface area contributed by atoms with E-state index in [1.807, 2.05) is 0 Å². The maximum absolute atomic E-state index is 9.33. The molecule has 3 aliphatic carbocycles. The molecular formula is C22H38O. The van der Waals surface area contributed by atoms with Gasteiger partial charge in [-0.25, -0.2) is 0 Å². The summed E-state index contributed by atoms with van der Waals surface area (Å²) in [5, 5.41) is 9.33. The first-order chi connectivity index (χ1) is 11.0. The third-order valence-electron chi connectivity index (χ3n) is 8.33. The Balaban J connectivity index is 1.80. The first-order valence-corrected chi connectivity index (χ1v) is 10.3. The molecule has 0 amide bonds. The summed E-state index contributed by atoms with van der Waals surface area (Å²) < 4.78 is 0. The number of aliphatic hydroxyl groups excluding tert-OH is 1. The van der Waals surface area contributed by atoms with Gasteiger partial charge in [-0.3, -0.25) is 0 Å². The molecule has 3 rings (SSSR count). The van der Waals surface area contributed by atoms with Crippen molar-refractivity contribution >= 4 is 0 Å². The van der Waals surface area contributed by atoms with E-state index in [1.54, 1.807) is 0 Å². The molecule has 0 aromatic heterocycles. The average molecular weight is 319 g/mol. The largest absolute Gasteiger partial charge is 0.396 e. The van der Waals surface area contributed by atoms with Crippen molar-refractivity contribution in [1.82, 2.24) is 0 Å². The second kappa shape index (κ2) is 6.90. The van der Waals surface area contributed by atoms with Gasteiger partial charge >= 0.3 is 0 Å². The Morgan fingerprint density at radius 3 is 2.57 bits per heavy atom. The molecule has 7 unspecified atom stereocenters. The van der Waals surface area contributed by atoms with Crippen LogP contribution in [0.2, 0.25) is 0 Å². The zero-order chi connectivity index (χ0) is 16.6. The van der Waals surface area contributed by atoms with Crippen LogP contribution >= 0.6 is 0 Å². The Morgan fingerprint density at radius 2 is 1.91 bits per heavy atom. The Labute approximate surface area is 143 Å². The summed E-state index contributed by atoms with van der Waals surface area (Å²) in [6, 6.07) is 0. The molecule has 3 saturated carbocycles. The van der Waals surface area contributed by atoms with Crippen LogP contribution in [0.4, 0.5) is 0 Å². The first kappa shape index (κ1) is 17.5. The van der Waals surface area contributed by atoms with Gasteiger partial charge in [-0.2, -0.15) is 0 Å². The molecule has 0 heterocycles. The molecule has 0 bridgehead atoms. The molecule has 23 heavy (non-hydrogen) atoms. The van der Waals surface area contributed by atoms with Gasteiger partial charge in [0, 0.05) is 6.61 Å². The molecule has 132 valence electrons. The van der Waals surface area contributed by atoms with Gasteiger partial charge in [-0.15, -0.1) is 0 Å². The lowest BCUT2D eigenvalue weighted by Gasteiger charge is -2.55. The Hall–Kier alpha value is -0.300. The number of rotatable bonds is 5. The second-order valence-electron chi connectivity index (χ2n) is 9.23. The van der Waals surface area contributed by atoms with Gasteiger partial charge in [-0.1, -0.05) is 32.4 Å². The van der Waals surface area contributed by atoms with Crippen molar-refractivity contribution < 1.29 is 5.11 Å². The van der Waals surface area contributed by atoms with E-state index in [1.165, 1.54) is 56.9 Å². The van der Waals surface area contributed by atoms with E-state index in [0.717, 1.165) is 41.9 Å².